The van der Waals surface area contributed by atoms with Gasteiger partial charge in [0.25, 0.3) is 0 Å². The second kappa shape index (κ2) is 3.64. The van der Waals surface area contributed by atoms with Gasteiger partial charge in [-0.05, 0) is 38.0 Å². The van der Waals surface area contributed by atoms with Crippen molar-refractivity contribution in [2.24, 2.45) is 5.41 Å². The van der Waals surface area contributed by atoms with Crippen LogP contribution in [0.1, 0.15) is 25.3 Å². The van der Waals surface area contributed by atoms with Crippen LogP contribution in [0.15, 0.2) is 22.6 Å². The number of aromatic nitrogens is 1. The van der Waals surface area contributed by atoms with Crippen LogP contribution in [0.4, 0.5) is 0 Å². The fourth-order valence-corrected chi connectivity index (χ4v) is 1.74. The molecule has 1 aromatic heterocycles. The number of hydrogen-bond donors (Lipinski definition) is 0. The van der Waals surface area contributed by atoms with E-state index in [0.717, 1.165) is 23.1 Å². The highest BCUT2D eigenvalue weighted by molar-refractivity contribution is 5.73. The lowest BCUT2D eigenvalue weighted by Gasteiger charge is -2.14. The Labute approximate surface area is 94.7 Å². The summed E-state index contributed by atoms with van der Waals surface area (Å²) in [7, 11) is 0. The van der Waals surface area contributed by atoms with E-state index in [1.54, 1.807) is 0 Å². The minimum Gasteiger partial charge on any atom is -0.441 e. The summed E-state index contributed by atoms with van der Waals surface area (Å²) in [6, 6.07) is 8.21. The summed E-state index contributed by atoms with van der Waals surface area (Å²) in [5.41, 5.74) is 2.43. The van der Waals surface area contributed by atoms with Crippen LogP contribution in [0.25, 0.3) is 11.1 Å². The molecule has 0 radical (unpaired) electrons. The molecule has 0 aliphatic rings. The molecule has 2 aromatic rings. The second-order valence-corrected chi connectivity index (χ2v) is 4.71. The summed E-state index contributed by atoms with van der Waals surface area (Å²) in [6.07, 6.45) is 0.721. The number of fused-ring (bicyclic) bond motifs is 1. The summed E-state index contributed by atoms with van der Waals surface area (Å²) in [5.74, 6) is 0.673. The molecule has 2 rings (SSSR count). The van der Waals surface area contributed by atoms with Gasteiger partial charge in [-0.1, -0.05) is 6.07 Å². The van der Waals surface area contributed by atoms with E-state index < -0.39 is 0 Å². The van der Waals surface area contributed by atoms with Crippen molar-refractivity contribution in [1.82, 2.24) is 4.98 Å². The number of oxazole rings is 1. The number of benzene rings is 1. The van der Waals surface area contributed by atoms with Crippen molar-refractivity contribution >= 4 is 11.1 Å². The van der Waals surface area contributed by atoms with Gasteiger partial charge in [0, 0.05) is 6.92 Å². The summed E-state index contributed by atoms with van der Waals surface area (Å²) in [4.78, 5) is 4.24. The highest BCUT2D eigenvalue weighted by Gasteiger charge is 2.17. The zero-order valence-corrected chi connectivity index (χ0v) is 9.74. The van der Waals surface area contributed by atoms with Crippen molar-refractivity contribution in [3.8, 4) is 6.07 Å². The van der Waals surface area contributed by atoms with E-state index in [-0.39, 0.29) is 5.41 Å². The maximum absolute atomic E-state index is 8.99. The number of aryl methyl sites for hydroxylation is 1. The van der Waals surface area contributed by atoms with Gasteiger partial charge in [-0.25, -0.2) is 4.98 Å². The van der Waals surface area contributed by atoms with Crippen molar-refractivity contribution in [1.29, 1.82) is 5.26 Å². The molecular formula is C13H14N2O. The van der Waals surface area contributed by atoms with E-state index in [4.69, 9.17) is 9.68 Å². The molecule has 0 unspecified atom stereocenters. The summed E-state index contributed by atoms with van der Waals surface area (Å²) >= 11 is 0. The van der Waals surface area contributed by atoms with Gasteiger partial charge in [0.05, 0.1) is 11.5 Å². The Morgan fingerprint density at radius 1 is 1.44 bits per heavy atom. The summed E-state index contributed by atoms with van der Waals surface area (Å²) in [5, 5.41) is 8.99. The van der Waals surface area contributed by atoms with Gasteiger partial charge in [0.15, 0.2) is 11.5 Å². The third-order valence-electron chi connectivity index (χ3n) is 2.51. The van der Waals surface area contributed by atoms with Crippen LogP contribution in [0, 0.1) is 23.7 Å². The summed E-state index contributed by atoms with van der Waals surface area (Å²) in [6.45, 7) is 5.70. The third-order valence-corrected chi connectivity index (χ3v) is 2.51. The van der Waals surface area contributed by atoms with E-state index in [2.05, 4.69) is 11.1 Å². The fraction of sp³-hybridized carbons (Fsp3) is 0.385. The monoisotopic (exact) mass is 214 g/mol. The van der Waals surface area contributed by atoms with Gasteiger partial charge >= 0.3 is 0 Å². The molecule has 0 atom stereocenters. The Kier molecular flexibility index (Phi) is 2.43. The van der Waals surface area contributed by atoms with Crippen molar-refractivity contribution in [2.75, 3.05) is 0 Å². The van der Waals surface area contributed by atoms with E-state index in [1.807, 2.05) is 39.0 Å². The average molecular weight is 214 g/mol. The van der Waals surface area contributed by atoms with Crippen LogP contribution in [-0.2, 0) is 6.42 Å². The maximum Gasteiger partial charge on any atom is 0.192 e. The molecule has 3 heteroatoms. The number of nitrogens with zero attached hydrogens (tertiary/aromatic N) is 2. The lowest BCUT2D eigenvalue weighted by molar-refractivity contribution is 0.493. The average Bonchev–Trinajstić information content (AvgIpc) is 2.57. The highest BCUT2D eigenvalue weighted by atomic mass is 16.3. The molecule has 0 spiro atoms. The molecule has 1 aromatic carbocycles. The number of rotatable bonds is 2. The van der Waals surface area contributed by atoms with Crippen LogP contribution in [0.2, 0.25) is 0 Å². The molecule has 3 nitrogen and oxygen atoms in total. The Hall–Kier alpha value is -1.82. The predicted molar refractivity (Wildman–Crippen MR) is 61.8 cm³/mol. The zero-order valence-electron chi connectivity index (χ0n) is 9.74. The van der Waals surface area contributed by atoms with Crippen LogP contribution < -0.4 is 0 Å². The molecule has 82 valence electrons. The van der Waals surface area contributed by atoms with Gasteiger partial charge < -0.3 is 4.42 Å². The van der Waals surface area contributed by atoms with Crippen LogP contribution in [0.5, 0.6) is 0 Å². The van der Waals surface area contributed by atoms with Gasteiger partial charge in [0.2, 0.25) is 0 Å². The molecule has 0 saturated heterocycles. The fourth-order valence-electron chi connectivity index (χ4n) is 1.74. The van der Waals surface area contributed by atoms with Crippen LogP contribution in [-0.4, -0.2) is 4.98 Å². The summed E-state index contributed by atoms with van der Waals surface area (Å²) < 4.78 is 5.46. The van der Waals surface area contributed by atoms with Gasteiger partial charge in [-0.15, -0.1) is 0 Å². The van der Waals surface area contributed by atoms with Gasteiger partial charge in [0.1, 0.15) is 5.52 Å². The molecule has 16 heavy (non-hydrogen) atoms. The lowest BCUT2D eigenvalue weighted by atomic mass is 9.87. The van der Waals surface area contributed by atoms with Crippen molar-refractivity contribution < 1.29 is 4.42 Å². The zero-order chi connectivity index (χ0) is 11.8. The standard InChI is InChI=1S/C13H14N2O/c1-9-15-11-5-4-10(6-12(11)16-9)7-13(2,3)8-14/h4-6H,7H2,1-3H3. The molecule has 0 aliphatic carbocycles. The highest BCUT2D eigenvalue weighted by Crippen LogP contribution is 2.23. The Morgan fingerprint density at radius 2 is 2.19 bits per heavy atom. The van der Waals surface area contributed by atoms with Gasteiger partial charge in [-0.3, -0.25) is 0 Å². The van der Waals surface area contributed by atoms with Gasteiger partial charge in [-0.2, -0.15) is 5.26 Å². The van der Waals surface area contributed by atoms with Crippen LogP contribution >= 0.6 is 0 Å². The first-order valence-electron chi connectivity index (χ1n) is 5.27. The molecule has 0 fully saturated rings. The van der Waals surface area contributed by atoms with Crippen molar-refractivity contribution in [3.63, 3.8) is 0 Å². The Bertz CT molecular complexity index is 561. The Morgan fingerprint density at radius 3 is 2.88 bits per heavy atom. The molecule has 1 heterocycles. The van der Waals surface area contributed by atoms with Crippen LogP contribution in [0.3, 0.4) is 0 Å². The SMILES string of the molecule is Cc1nc2ccc(CC(C)(C)C#N)cc2o1. The first-order chi connectivity index (χ1) is 7.50. The minimum absolute atomic E-state index is 0.345. The lowest BCUT2D eigenvalue weighted by Crippen LogP contribution is -2.11. The van der Waals surface area contributed by atoms with E-state index >= 15 is 0 Å². The Balaban J connectivity index is 2.37. The van der Waals surface area contributed by atoms with E-state index in [1.165, 1.54) is 0 Å². The third kappa shape index (κ3) is 2.06. The second-order valence-electron chi connectivity index (χ2n) is 4.71. The first kappa shape index (κ1) is 10.7. The molecule has 0 saturated carbocycles. The quantitative estimate of drug-likeness (QED) is 0.771. The van der Waals surface area contributed by atoms with Crippen molar-refractivity contribution in [2.45, 2.75) is 27.2 Å². The molecular weight excluding hydrogens is 200 g/mol. The predicted octanol–water partition coefficient (Wildman–Crippen LogP) is 3.23. The first-order valence-corrected chi connectivity index (χ1v) is 5.27. The topological polar surface area (TPSA) is 49.8 Å². The van der Waals surface area contributed by atoms with E-state index in [9.17, 15) is 0 Å². The molecule has 0 amide bonds. The number of hydrogen-bond acceptors (Lipinski definition) is 3. The largest absolute Gasteiger partial charge is 0.441 e. The minimum atomic E-state index is -0.345. The molecule has 0 aliphatic heterocycles. The smallest absolute Gasteiger partial charge is 0.192 e. The normalized spacial score (nSPS) is 11.6. The number of nitriles is 1. The molecule has 0 N–H and O–H groups in total. The van der Waals surface area contributed by atoms with Crippen molar-refractivity contribution in [3.05, 3.63) is 29.7 Å². The maximum atomic E-state index is 8.99. The molecule has 0 bridgehead atoms. The van der Waals surface area contributed by atoms with E-state index in [0.29, 0.717) is 5.89 Å².